The summed E-state index contributed by atoms with van der Waals surface area (Å²) in [6.07, 6.45) is 8.11. The summed E-state index contributed by atoms with van der Waals surface area (Å²) in [6, 6.07) is 0.610. The molecule has 1 aliphatic rings. The second kappa shape index (κ2) is 8.03. The molecule has 0 bridgehead atoms. The van der Waals surface area contributed by atoms with Crippen molar-refractivity contribution in [3.8, 4) is 0 Å². The van der Waals surface area contributed by atoms with Crippen LogP contribution in [0.2, 0.25) is 0 Å². The van der Waals surface area contributed by atoms with Gasteiger partial charge in [-0.25, -0.2) is 0 Å². The van der Waals surface area contributed by atoms with Crippen molar-refractivity contribution in [3.05, 3.63) is 0 Å². The minimum absolute atomic E-state index is 0.610. The topological polar surface area (TPSA) is 24.4 Å². The van der Waals surface area contributed by atoms with E-state index in [2.05, 4.69) is 24.2 Å². The van der Waals surface area contributed by atoms with Gasteiger partial charge in [0.05, 0.1) is 0 Å². The summed E-state index contributed by atoms with van der Waals surface area (Å²) in [5.41, 5.74) is 0. The fourth-order valence-corrected chi connectivity index (χ4v) is 2.62. The van der Waals surface area contributed by atoms with Crippen molar-refractivity contribution in [3.63, 3.8) is 0 Å². The highest BCUT2D eigenvalue weighted by atomic mass is 32.2. The Hall–Kier alpha value is -0.180. The van der Waals surface area contributed by atoms with Gasteiger partial charge in [0, 0.05) is 18.3 Å². The summed E-state index contributed by atoms with van der Waals surface area (Å²) in [6.45, 7) is 5.48. The quantitative estimate of drug-likeness (QED) is 0.675. The summed E-state index contributed by atoms with van der Waals surface area (Å²) in [7, 11) is 0. The maximum atomic E-state index is 4.56. The Labute approximate surface area is 98.3 Å². The number of unbranched alkanes of at least 4 members (excludes halogenated alkanes) is 5. The molecule has 0 radical (unpaired) electrons. The number of thioether (sulfide) groups is 1. The summed E-state index contributed by atoms with van der Waals surface area (Å²) < 4.78 is 0. The number of rotatable bonds is 7. The highest BCUT2D eigenvalue weighted by Crippen LogP contribution is 2.13. The summed E-state index contributed by atoms with van der Waals surface area (Å²) in [5, 5.41) is 4.54. The van der Waals surface area contributed by atoms with Gasteiger partial charge >= 0.3 is 0 Å². The van der Waals surface area contributed by atoms with Crippen molar-refractivity contribution >= 4 is 16.9 Å². The van der Waals surface area contributed by atoms with Gasteiger partial charge in [-0.3, -0.25) is 4.99 Å². The lowest BCUT2D eigenvalue weighted by Gasteiger charge is -2.01. The maximum Gasteiger partial charge on any atom is 0.156 e. The Morgan fingerprint density at radius 1 is 1.27 bits per heavy atom. The molecule has 15 heavy (non-hydrogen) atoms. The van der Waals surface area contributed by atoms with Crippen LogP contribution in [0.5, 0.6) is 0 Å². The molecule has 0 aliphatic carbocycles. The van der Waals surface area contributed by atoms with Crippen LogP contribution in [0.1, 0.15) is 52.4 Å². The minimum Gasteiger partial charge on any atom is -0.362 e. The zero-order valence-corrected chi connectivity index (χ0v) is 10.9. The van der Waals surface area contributed by atoms with E-state index >= 15 is 0 Å². The second-order valence-electron chi connectivity index (χ2n) is 4.31. The molecule has 0 aromatic rings. The highest BCUT2D eigenvalue weighted by molar-refractivity contribution is 8.14. The molecule has 2 nitrogen and oxygen atoms in total. The van der Waals surface area contributed by atoms with Gasteiger partial charge < -0.3 is 5.32 Å². The zero-order valence-electron chi connectivity index (χ0n) is 10.1. The molecule has 0 saturated carbocycles. The third kappa shape index (κ3) is 6.08. The third-order valence-corrected chi connectivity index (χ3v) is 3.79. The van der Waals surface area contributed by atoms with Gasteiger partial charge in [0.1, 0.15) is 0 Å². The summed E-state index contributed by atoms with van der Waals surface area (Å²) in [4.78, 5) is 4.56. The van der Waals surface area contributed by atoms with Gasteiger partial charge in [0.25, 0.3) is 0 Å². The fraction of sp³-hybridized carbons (Fsp3) is 0.917. The number of amidine groups is 1. The van der Waals surface area contributed by atoms with E-state index in [1.807, 2.05) is 11.8 Å². The SMILES string of the molecule is CCCCCCCCN=C1NC(C)CS1. The number of nitrogens with zero attached hydrogens (tertiary/aromatic N) is 1. The van der Waals surface area contributed by atoms with Crippen LogP contribution in [0.4, 0.5) is 0 Å². The van der Waals surface area contributed by atoms with Crippen molar-refractivity contribution in [1.29, 1.82) is 0 Å². The van der Waals surface area contributed by atoms with E-state index in [1.54, 1.807) is 0 Å². The largest absolute Gasteiger partial charge is 0.362 e. The minimum atomic E-state index is 0.610. The number of aliphatic imine (C=N–C) groups is 1. The van der Waals surface area contributed by atoms with Crippen molar-refractivity contribution in [2.75, 3.05) is 12.3 Å². The molecule has 3 heteroatoms. The van der Waals surface area contributed by atoms with Crippen LogP contribution in [-0.2, 0) is 0 Å². The van der Waals surface area contributed by atoms with E-state index in [1.165, 1.54) is 44.3 Å². The van der Waals surface area contributed by atoms with E-state index in [9.17, 15) is 0 Å². The van der Waals surface area contributed by atoms with Gasteiger partial charge in [-0.05, 0) is 13.3 Å². The van der Waals surface area contributed by atoms with Crippen LogP contribution < -0.4 is 5.32 Å². The first kappa shape index (κ1) is 12.9. The van der Waals surface area contributed by atoms with Crippen LogP contribution in [0, 0.1) is 0 Å². The lowest BCUT2D eigenvalue weighted by atomic mass is 10.1. The van der Waals surface area contributed by atoms with Gasteiger partial charge in [-0.2, -0.15) is 0 Å². The molecular weight excluding hydrogens is 204 g/mol. The molecular formula is C12H24N2S. The second-order valence-corrected chi connectivity index (χ2v) is 5.32. The molecule has 1 aliphatic heterocycles. The molecule has 1 N–H and O–H groups in total. The number of hydrogen-bond acceptors (Lipinski definition) is 2. The first-order valence-electron chi connectivity index (χ1n) is 6.26. The molecule has 1 unspecified atom stereocenters. The van der Waals surface area contributed by atoms with E-state index in [-0.39, 0.29) is 0 Å². The third-order valence-electron chi connectivity index (χ3n) is 2.61. The van der Waals surface area contributed by atoms with E-state index in [0.717, 1.165) is 11.7 Å². The molecule has 1 saturated heterocycles. The first-order chi connectivity index (χ1) is 7.33. The Bertz CT molecular complexity index is 192. The average Bonchev–Trinajstić information content (AvgIpc) is 2.63. The molecule has 88 valence electrons. The molecule has 1 heterocycles. The van der Waals surface area contributed by atoms with Crippen molar-refractivity contribution < 1.29 is 0 Å². The smallest absolute Gasteiger partial charge is 0.156 e. The van der Waals surface area contributed by atoms with Crippen LogP contribution in [0.3, 0.4) is 0 Å². The maximum absolute atomic E-state index is 4.56. The fourth-order valence-electron chi connectivity index (χ4n) is 1.66. The van der Waals surface area contributed by atoms with Crippen LogP contribution in [0.25, 0.3) is 0 Å². The molecule has 0 aromatic carbocycles. The van der Waals surface area contributed by atoms with Crippen molar-refractivity contribution in [2.24, 2.45) is 4.99 Å². The Morgan fingerprint density at radius 2 is 2.00 bits per heavy atom. The van der Waals surface area contributed by atoms with Gasteiger partial charge in [-0.1, -0.05) is 50.8 Å². The monoisotopic (exact) mass is 228 g/mol. The van der Waals surface area contributed by atoms with Crippen molar-refractivity contribution in [2.45, 2.75) is 58.4 Å². The molecule has 0 spiro atoms. The van der Waals surface area contributed by atoms with E-state index in [4.69, 9.17) is 0 Å². The van der Waals surface area contributed by atoms with Gasteiger partial charge in [-0.15, -0.1) is 0 Å². The Balaban J connectivity index is 1.92. The van der Waals surface area contributed by atoms with Crippen LogP contribution in [-0.4, -0.2) is 23.5 Å². The number of nitrogens with one attached hydrogen (secondary N) is 1. The molecule has 1 rings (SSSR count). The van der Waals surface area contributed by atoms with Gasteiger partial charge in [0.15, 0.2) is 5.17 Å². The van der Waals surface area contributed by atoms with E-state index < -0.39 is 0 Å². The average molecular weight is 228 g/mol. The predicted octanol–water partition coefficient (Wildman–Crippen LogP) is 3.43. The molecule has 0 amide bonds. The lowest BCUT2D eigenvalue weighted by molar-refractivity contribution is 0.612. The molecule has 1 atom stereocenters. The summed E-state index contributed by atoms with van der Waals surface area (Å²) in [5.74, 6) is 1.18. The summed E-state index contributed by atoms with van der Waals surface area (Å²) >= 11 is 1.86. The van der Waals surface area contributed by atoms with Crippen LogP contribution >= 0.6 is 11.8 Å². The number of hydrogen-bond donors (Lipinski definition) is 1. The molecule has 1 fully saturated rings. The van der Waals surface area contributed by atoms with Crippen LogP contribution in [0.15, 0.2) is 4.99 Å². The van der Waals surface area contributed by atoms with E-state index in [0.29, 0.717) is 6.04 Å². The zero-order chi connectivity index (χ0) is 10.9. The highest BCUT2D eigenvalue weighted by Gasteiger charge is 2.14. The standard InChI is InChI=1S/C12H24N2S/c1-3-4-5-6-7-8-9-13-12-14-11(2)10-15-12/h11H,3-10H2,1-2H3,(H,13,14). The lowest BCUT2D eigenvalue weighted by Crippen LogP contribution is -2.23. The predicted molar refractivity (Wildman–Crippen MR) is 70.7 cm³/mol. The molecule has 0 aromatic heterocycles. The van der Waals surface area contributed by atoms with Gasteiger partial charge in [0.2, 0.25) is 0 Å². The Kier molecular flexibility index (Phi) is 6.90. The first-order valence-corrected chi connectivity index (χ1v) is 7.25. The van der Waals surface area contributed by atoms with Crippen molar-refractivity contribution in [1.82, 2.24) is 5.32 Å². The normalized spacial score (nSPS) is 23.3. The Morgan fingerprint density at radius 3 is 2.67 bits per heavy atom.